The molecule has 0 aliphatic heterocycles. The van der Waals surface area contributed by atoms with Crippen LogP contribution in [0.2, 0.25) is 0 Å². The van der Waals surface area contributed by atoms with Gasteiger partial charge in [-0.2, -0.15) is 0 Å². The Morgan fingerprint density at radius 1 is 0.870 bits per heavy atom. The number of nitrogens with one attached hydrogen (secondary N) is 2. The first-order valence-electron chi connectivity index (χ1n) is 7.75. The lowest BCUT2D eigenvalue weighted by atomic mass is 9.96. The maximum absolute atomic E-state index is 12.1. The first-order valence-corrected chi connectivity index (χ1v) is 7.75. The summed E-state index contributed by atoms with van der Waals surface area (Å²) in [6.45, 7) is 4.37. The van der Waals surface area contributed by atoms with Crippen LogP contribution in [0.1, 0.15) is 31.0 Å². The van der Waals surface area contributed by atoms with Crippen molar-refractivity contribution in [2.75, 3.05) is 0 Å². The smallest absolute Gasteiger partial charge is 0.309 e. The van der Waals surface area contributed by atoms with Crippen molar-refractivity contribution in [2.45, 2.75) is 26.4 Å². The highest BCUT2D eigenvalue weighted by Gasteiger charge is 2.22. The minimum absolute atomic E-state index is 0.184. The zero-order valence-electron chi connectivity index (χ0n) is 13.5. The molecular formula is C19H22N2O2. The lowest BCUT2D eigenvalue weighted by molar-refractivity contribution is -0.139. The van der Waals surface area contributed by atoms with Crippen molar-refractivity contribution in [1.29, 1.82) is 0 Å². The van der Waals surface area contributed by atoms with E-state index in [0.29, 0.717) is 6.54 Å². The predicted octanol–water partition coefficient (Wildman–Crippen LogP) is 2.82. The summed E-state index contributed by atoms with van der Waals surface area (Å²) in [6.07, 6.45) is 0. The van der Waals surface area contributed by atoms with Crippen molar-refractivity contribution in [3.8, 4) is 0 Å². The van der Waals surface area contributed by atoms with Gasteiger partial charge in [0.1, 0.15) is 0 Å². The van der Waals surface area contributed by atoms with E-state index in [9.17, 15) is 9.59 Å². The Balaban J connectivity index is 1.94. The average molecular weight is 310 g/mol. The van der Waals surface area contributed by atoms with Crippen molar-refractivity contribution in [3.05, 3.63) is 71.8 Å². The number of hydrogen-bond donors (Lipinski definition) is 2. The van der Waals surface area contributed by atoms with Gasteiger partial charge in [-0.05, 0) is 17.0 Å². The van der Waals surface area contributed by atoms with E-state index in [1.807, 2.05) is 74.5 Å². The summed E-state index contributed by atoms with van der Waals surface area (Å²) in [5.41, 5.74) is 1.95. The third-order valence-corrected chi connectivity index (χ3v) is 3.61. The van der Waals surface area contributed by atoms with Crippen LogP contribution in [-0.4, -0.2) is 11.8 Å². The van der Waals surface area contributed by atoms with Crippen molar-refractivity contribution in [3.63, 3.8) is 0 Å². The number of amides is 2. The van der Waals surface area contributed by atoms with Crippen LogP contribution in [0.25, 0.3) is 0 Å². The van der Waals surface area contributed by atoms with Crippen LogP contribution >= 0.6 is 0 Å². The second-order valence-electron chi connectivity index (χ2n) is 5.77. The Morgan fingerprint density at radius 3 is 2.00 bits per heavy atom. The summed E-state index contributed by atoms with van der Waals surface area (Å²) in [5.74, 6) is -1.04. The normalized spacial score (nSPS) is 11.8. The van der Waals surface area contributed by atoms with Crippen LogP contribution in [-0.2, 0) is 16.1 Å². The third-order valence-electron chi connectivity index (χ3n) is 3.61. The minimum Gasteiger partial charge on any atom is -0.344 e. The van der Waals surface area contributed by atoms with Gasteiger partial charge >= 0.3 is 11.8 Å². The van der Waals surface area contributed by atoms with Gasteiger partial charge in [0.05, 0.1) is 6.04 Å². The largest absolute Gasteiger partial charge is 0.344 e. The van der Waals surface area contributed by atoms with Gasteiger partial charge in [-0.25, -0.2) is 0 Å². The SMILES string of the molecule is CC(C)[C@@H](NC(=O)C(=O)NCc1ccccc1)c1ccccc1. The van der Waals surface area contributed by atoms with Crippen molar-refractivity contribution >= 4 is 11.8 Å². The summed E-state index contributed by atoms with van der Waals surface area (Å²) in [5, 5.41) is 5.46. The predicted molar refractivity (Wildman–Crippen MR) is 90.5 cm³/mol. The molecule has 0 spiro atoms. The molecule has 0 fully saturated rings. The van der Waals surface area contributed by atoms with E-state index in [1.165, 1.54) is 0 Å². The molecule has 4 heteroatoms. The molecule has 2 amide bonds. The Labute approximate surface area is 136 Å². The van der Waals surface area contributed by atoms with Gasteiger partial charge in [0.2, 0.25) is 0 Å². The number of rotatable bonds is 5. The Kier molecular flexibility index (Phi) is 5.92. The molecule has 0 heterocycles. The van der Waals surface area contributed by atoms with Crippen LogP contribution < -0.4 is 10.6 Å². The van der Waals surface area contributed by atoms with Crippen LogP contribution in [0.5, 0.6) is 0 Å². The molecule has 120 valence electrons. The Hall–Kier alpha value is -2.62. The van der Waals surface area contributed by atoms with Crippen molar-refractivity contribution in [1.82, 2.24) is 10.6 Å². The Bertz CT molecular complexity index is 639. The zero-order valence-corrected chi connectivity index (χ0v) is 13.5. The molecule has 0 bridgehead atoms. The van der Waals surface area contributed by atoms with Gasteiger partial charge in [0, 0.05) is 6.54 Å². The maximum atomic E-state index is 12.1. The van der Waals surface area contributed by atoms with E-state index in [-0.39, 0.29) is 12.0 Å². The lowest BCUT2D eigenvalue weighted by Crippen LogP contribution is -2.42. The fourth-order valence-corrected chi connectivity index (χ4v) is 2.36. The van der Waals surface area contributed by atoms with E-state index in [1.54, 1.807) is 0 Å². The highest BCUT2D eigenvalue weighted by molar-refractivity contribution is 6.35. The van der Waals surface area contributed by atoms with Gasteiger partial charge in [0.15, 0.2) is 0 Å². The van der Waals surface area contributed by atoms with Crippen molar-refractivity contribution in [2.24, 2.45) is 5.92 Å². The first kappa shape index (κ1) is 16.7. The molecule has 0 saturated carbocycles. The molecule has 2 rings (SSSR count). The number of carbonyl (C=O) groups is 2. The highest BCUT2D eigenvalue weighted by atomic mass is 16.2. The Morgan fingerprint density at radius 2 is 1.43 bits per heavy atom. The second-order valence-corrected chi connectivity index (χ2v) is 5.77. The summed E-state index contributed by atoms with van der Waals surface area (Å²) >= 11 is 0. The monoisotopic (exact) mass is 310 g/mol. The molecular weight excluding hydrogens is 288 g/mol. The molecule has 0 aliphatic rings. The van der Waals surface area contributed by atoms with Crippen LogP contribution in [0, 0.1) is 5.92 Å². The molecule has 2 aromatic rings. The van der Waals surface area contributed by atoms with Gasteiger partial charge in [-0.1, -0.05) is 74.5 Å². The fraction of sp³-hybridized carbons (Fsp3) is 0.263. The van der Waals surface area contributed by atoms with E-state index in [0.717, 1.165) is 11.1 Å². The standard InChI is InChI=1S/C19H22N2O2/c1-14(2)17(16-11-7-4-8-12-16)21-19(23)18(22)20-13-15-9-5-3-6-10-15/h3-12,14,17H,13H2,1-2H3,(H,20,22)(H,21,23)/t17-/m1/s1. The number of hydrogen-bond acceptors (Lipinski definition) is 2. The summed E-state index contributed by atoms with van der Waals surface area (Å²) in [6, 6.07) is 19.0. The minimum atomic E-state index is -0.615. The third kappa shape index (κ3) is 4.95. The number of benzene rings is 2. The first-order chi connectivity index (χ1) is 11.1. The van der Waals surface area contributed by atoms with Crippen LogP contribution in [0.15, 0.2) is 60.7 Å². The van der Waals surface area contributed by atoms with E-state index in [4.69, 9.17) is 0 Å². The molecule has 0 radical (unpaired) electrons. The molecule has 2 aromatic carbocycles. The molecule has 0 aromatic heterocycles. The van der Waals surface area contributed by atoms with E-state index >= 15 is 0 Å². The fourth-order valence-electron chi connectivity index (χ4n) is 2.36. The van der Waals surface area contributed by atoms with Gasteiger partial charge in [-0.3, -0.25) is 9.59 Å². The summed E-state index contributed by atoms with van der Waals surface area (Å²) in [4.78, 5) is 24.1. The zero-order chi connectivity index (χ0) is 16.7. The van der Waals surface area contributed by atoms with E-state index < -0.39 is 11.8 Å². The highest BCUT2D eigenvalue weighted by Crippen LogP contribution is 2.21. The van der Waals surface area contributed by atoms with Gasteiger partial charge in [0.25, 0.3) is 0 Å². The van der Waals surface area contributed by atoms with Crippen molar-refractivity contribution < 1.29 is 9.59 Å². The second kappa shape index (κ2) is 8.13. The average Bonchev–Trinajstić information content (AvgIpc) is 2.58. The molecule has 1 atom stereocenters. The molecule has 0 saturated heterocycles. The van der Waals surface area contributed by atoms with Gasteiger partial charge < -0.3 is 10.6 Å². The topological polar surface area (TPSA) is 58.2 Å². The lowest BCUT2D eigenvalue weighted by Gasteiger charge is -2.22. The molecule has 0 unspecified atom stereocenters. The molecule has 2 N–H and O–H groups in total. The molecule has 0 aliphatic carbocycles. The van der Waals surface area contributed by atoms with Gasteiger partial charge in [-0.15, -0.1) is 0 Å². The summed E-state index contributed by atoms with van der Waals surface area (Å²) in [7, 11) is 0. The molecule has 4 nitrogen and oxygen atoms in total. The number of carbonyl (C=O) groups excluding carboxylic acids is 2. The van der Waals surface area contributed by atoms with E-state index in [2.05, 4.69) is 10.6 Å². The van der Waals surface area contributed by atoms with Crippen LogP contribution in [0.4, 0.5) is 0 Å². The van der Waals surface area contributed by atoms with Crippen LogP contribution in [0.3, 0.4) is 0 Å². The molecule has 23 heavy (non-hydrogen) atoms. The maximum Gasteiger partial charge on any atom is 0.309 e. The quantitative estimate of drug-likeness (QED) is 0.834. The summed E-state index contributed by atoms with van der Waals surface area (Å²) < 4.78 is 0.